The van der Waals surface area contributed by atoms with Crippen LogP contribution < -0.4 is 10.1 Å². The van der Waals surface area contributed by atoms with Gasteiger partial charge in [-0.3, -0.25) is 0 Å². The molecule has 0 saturated carbocycles. The molecule has 0 aromatic heterocycles. The largest absolute Gasteiger partial charge is 0.478 e. The molecular weight excluding hydrogens is 244 g/mol. The molecular formula is C14H18N2O3. The minimum absolute atomic E-state index is 0.0365. The van der Waals surface area contributed by atoms with Gasteiger partial charge >= 0.3 is 0 Å². The molecule has 5 heteroatoms. The van der Waals surface area contributed by atoms with Crippen LogP contribution in [0.3, 0.4) is 0 Å². The van der Waals surface area contributed by atoms with E-state index in [9.17, 15) is 5.11 Å². The Labute approximate surface area is 112 Å². The van der Waals surface area contributed by atoms with E-state index in [1.165, 1.54) is 0 Å². The molecule has 2 rings (SSSR count). The van der Waals surface area contributed by atoms with Crippen molar-refractivity contribution < 1.29 is 14.6 Å². The average Bonchev–Trinajstić information content (AvgIpc) is 2.85. The zero-order valence-electron chi connectivity index (χ0n) is 10.8. The van der Waals surface area contributed by atoms with Crippen LogP contribution in [0.15, 0.2) is 24.3 Å². The van der Waals surface area contributed by atoms with E-state index in [0.717, 1.165) is 5.56 Å². The van der Waals surface area contributed by atoms with Crippen LogP contribution in [-0.2, 0) is 11.3 Å². The number of nitrogens with zero attached hydrogens (tertiary/aromatic N) is 1. The first-order chi connectivity index (χ1) is 9.23. The van der Waals surface area contributed by atoms with Gasteiger partial charge in [-0.25, -0.2) is 0 Å². The first-order valence-electron chi connectivity index (χ1n) is 6.32. The van der Waals surface area contributed by atoms with Gasteiger partial charge in [0, 0.05) is 31.7 Å². The monoisotopic (exact) mass is 262 g/mol. The number of rotatable bonds is 6. The summed E-state index contributed by atoms with van der Waals surface area (Å²) in [5.74, 6) is 0.700. The molecule has 2 N–H and O–H groups in total. The van der Waals surface area contributed by atoms with Crippen LogP contribution >= 0.6 is 0 Å². The molecule has 0 bridgehead atoms. The number of ether oxygens (including phenoxy) is 2. The van der Waals surface area contributed by atoms with Gasteiger partial charge in [0.2, 0.25) is 0 Å². The minimum atomic E-state index is -0.761. The highest BCUT2D eigenvalue weighted by Crippen LogP contribution is 2.19. The quantitative estimate of drug-likeness (QED) is 0.794. The van der Waals surface area contributed by atoms with Crippen LogP contribution in [0.4, 0.5) is 0 Å². The van der Waals surface area contributed by atoms with E-state index in [4.69, 9.17) is 14.7 Å². The van der Waals surface area contributed by atoms with E-state index in [1.807, 2.05) is 30.3 Å². The van der Waals surface area contributed by atoms with Crippen LogP contribution in [0.5, 0.6) is 5.75 Å². The predicted octanol–water partition coefficient (Wildman–Crippen LogP) is 0.830. The summed E-state index contributed by atoms with van der Waals surface area (Å²) in [5, 5.41) is 21.9. The number of hydrogen-bond acceptors (Lipinski definition) is 5. The van der Waals surface area contributed by atoms with Crippen molar-refractivity contribution in [2.24, 2.45) is 0 Å². The van der Waals surface area contributed by atoms with Crippen molar-refractivity contribution in [3.8, 4) is 11.8 Å². The maximum absolute atomic E-state index is 10.1. The summed E-state index contributed by atoms with van der Waals surface area (Å²) >= 11 is 0. The molecule has 1 aromatic carbocycles. The van der Waals surface area contributed by atoms with E-state index < -0.39 is 5.60 Å². The van der Waals surface area contributed by atoms with Crippen LogP contribution in [-0.4, -0.2) is 37.1 Å². The van der Waals surface area contributed by atoms with E-state index in [0.29, 0.717) is 38.5 Å². The van der Waals surface area contributed by atoms with E-state index in [2.05, 4.69) is 5.32 Å². The average molecular weight is 262 g/mol. The lowest BCUT2D eigenvalue weighted by atomic mass is 10.0. The summed E-state index contributed by atoms with van der Waals surface area (Å²) in [7, 11) is 0. The van der Waals surface area contributed by atoms with Gasteiger partial charge < -0.3 is 19.9 Å². The Morgan fingerprint density at radius 2 is 2.32 bits per heavy atom. The molecule has 0 spiro atoms. The second kappa shape index (κ2) is 6.53. The molecule has 1 saturated heterocycles. The Morgan fingerprint density at radius 3 is 3.05 bits per heavy atom. The van der Waals surface area contributed by atoms with Crippen LogP contribution in [0.2, 0.25) is 0 Å². The summed E-state index contributed by atoms with van der Waals surface area (Å²) in [6.45, 7) is 2.10. The zero-order chi connectivity index (χ0) is 13.6. The zero-order valence-corrected chi connectivity index (χ0v) is 10.8. The fraction of sp³-hybridized carbons (Fsp3) is 0.500. The summed E-state index contributed by atoms with van der Waals surface area (Å²) < 4.78 is 10.5. The third-order valence-electron chi connectivity index (χ3n) is 3.12. The highest BCUT2D eigenvalue weighted by molar-refractivity contribution is 5.33. The second-order valence-electron chi connectivity index (χ2n) is 4.68. The fourth-order valence-corrected chi connectivity index (χ4v) is 2.07. The first-order valence-corrected chi connectivity index (χ1v) is 6.32. The summed E-state index contributed by atoms with van der Waals surface area (Å²) in [5.41, 5.74) is 0.211. The highest BCUT2D eigenvalue weighted by atomic mass is 16.5. The molecule has 1 unspecified atom stereocenters. The lowest BCUT2D eigenvalue weighted by Gasteiger charge is -2.21. The van der Waals surface area contributed by atoms with Crippen molar-refractivity contribution in [3.63, 3.8) is 0 Å². The van der Waals surface area contributed by atoms with Gasteiger partial charge in [0.25, 0.3) is 0 Å². The van der Waals surface area contributed by atoms with Crippen LogP contribution in [0, 0.1) is 11.3 Å². The highest BCUT2D eigenvalue weighted by Gasteiger charge is 2.31. The number of nitriles is 1. The van der Waals surface area contributed by atoms with Gasteiger partial charge in [0.1, 0.15) is 17.4 Å². The van der Waals surface area contributed by atoms with Crippen LogP contribution in [0.25, 0.3) is 0 Å². The van der Waals surface area contributed by atoms with Gasteiger partial charge in [0.15, 0.2) is 6.61 Å². The van der Waals surface area contributed by atoms with Gasteiger partial charge in [-0.15, -0.1) is 0 Å². The number of aliphatic hydroxyl groups is 1. The Morgan fingerprint density at radius 1 is 1.47 bits per heavy atom. The molecule has 1 aromatic rings. The predicted molar refractivity (Wildman–Crippen MR) is 69.6 cm³/mol. The minimum Gasteiger partial charge on any atom is -0.478 e. The normalized spacial score (nSPS) is 22.1. The lowest BCUT2D eigenvalue weighted by Crippen LogP contribution is -2.40. The number of nitrogens with one attached hydrogen (secondary N) is 1. The standard InChI is InChI=1S/C14H18N2O3/c15-6-8-19-13-4-2-1-3-12(13)9-16-10-14(17)5-7-18-11-14/h1-4,16-17H,5,7-11H2. The number of hydrogen-bond donors (Lipinski definition) is 2. The molecule has 0 radical (unpaired) electrons. The molecule has 102 valence electrons. The number of benzene rings is 1. The van der Waals surface area contributed by atoms with Crippen molar-refractivity contribution in [1.29, 1.82) is 5.26 Å². The first kappa shape index (κ1) is 13.8. The Bertz CT molecular complexity index is 450. The summed E-state index contributed by atoms with van der Waals surface area (Å²) in [6.07, 6.45) is 0.659. The SMILES string of the molecule is N#CCOc1ccccc1CNCC1(O)CCOC1. The smallest absolute Gasteiger partial charge is 0.174 e. The molecule has 1 atom stereocenters. The molecule has 0 aliphatic carbocycles. The summed E-state index contributed by atoms with van der Waals surface area (Å²) in [6, 6.07) is 9.52. The molecule has 1 aliphatic rings. The molecule has 19 heavy (non-hydrogen) atoms. The van der Waals surface area contributed by atoms with Gasteiger partial charge in [-0.05, 0) is 6.07 Å². The van der Waals surface area contributed by atoms with Crippen molar-refractivity contribution >= 4 is 0 Å². The maximum atomic E-state index is 10.1. The lowest BCUT2D eigenvalue weighted by molar-refractivity contribution is 0.0268. The van der Waals surface area contributed by atoms with E-state index in [-0.39, 0.29) is 6.61 Å². The van der Waals surface area contributed by atoms with E-state index >= 15 is 0 Å². The number of para-hydroxylation sites is 1. The molecule has 1 heterocycles. The van der Waals surface area contributed by atoms with Gasteiger partial charge in [-0.2, -0.15) is 5.26 Å². The van der Waals surface area contributed by atoms with Crippen molar-refractivity contribution in [3.05, 3.63) is 29.8 Å². The second-order valence-corrected chi connectivity index (χ2v) is 4.68. The summed E-state index contributed by atoms with van der Waals surface area (Å²) in [4.78, 5) is 0. The Hall–Kier alpha value is -1.61. The third-order valence-corrected chi connectivity index (χ3v) is 3.12. The van der Waals surface area contributed by atoms with Crippen molar-refractivity contribution in [2.75, 3.05) is 26.4 Å². The molecule has 1 aliphatic heterocycles. The molecule has 5 nitrogen and oxygen atoms in total. The third kappa shape index (κ3) is 3.93. The van der Waals surface area contributed by atoms with E-state index in [1.54, 1.807) is 0 Å². The maximum Gasteiger partial charge on any atom is 0.174 e. The van der Waals surface area contributed by atoms with Gasteiger partial charge in [-0.1, -0.05) is 18.2 Å². The molecule has 1 fully saturated rings. The van der Waals surface area contributed by atoms with Gasteiger partial charge in [0.05, 0.1) is 6.61 Å². The van der Waals surface area contributed by atoms with Crippen molar-refractivity contribution in [2.45, 2.75) is 18.6 Å². The van der Waals surface area contributed by atoms with Crippen LogP contribution in [0.1, 0.15) is 12.0 Å². The fourth-order valence-electron chi connectivity index (χ4n) is 2.07. The Kier molecular flexibility index (Phi) is 4.74. The Balaban J connectivity index is 1.87. The van der Waals surface area contributed by atoms with Crippen molar-refractivity contribution in [1.82, 2.24) is 5.32 Å². The molecule has 0 amide bonds. The topological polar surface area (TPSA) is 74.5 Å².